The number of benzene rings is 1. The smallest absolute Gasteiger partial charge is 0.265 e. The van der Waals surface area contributed by atoms with E-state index in [4.69, 9.17) is 5.84 Å². The van der Waals surface area contributed by atoms with E-state index in [0.29, 0.717) is 12.0 Å². The number of nitrogens with zero attached hydrogens (tertiary/aromatic N) is 1. The molecule has 0 aliphatic rings. The van der Waals surface area contributed by atoms with Gasteiger partial charge in [0.25, 0.3) is 5.91 Å². The van der Waals surface area contributed by atoms with Crippen molar-refractivity contribution in [1.29, 1.82) is 0 Å². The molecule has 2 rings (SSSR count). The van der Waals surface area contributed by atoms with Crippen LogP contribution < -0.4 is 16.0 Å². The highest BCUT2D eigenvalue weighted by atomic mass is 32.2. The first-order chi connectivity index (χ1) is 10.9. The molecule has 122 valence electrons. The van der Waals surface area contributed by atoms with Gasteiger partial charge in [0.15, 0.2) is 0 Å². The second kappa shape index (κ2) is 7.32. The zero-order valence-electron chi connectivity index (χ0n) is 12.6. The number of carbonyl (C=O) groups is 1. The molecule has 1 heterocycles. The average molecular weight is 334 g/mol. The van der Waals surface area contributed by atoms with Crippen molar-refractivity contribution in [2.75, 3.05) is 6.54 Å². The lowest BCUT2D eigenvalue weighted by atomic mass is 10.1. The number of hydrogen-bond donors (Lipinski definition) is 3. The summed E-state index contributed by atoms with van der Waals surface area (Å²) >= 11 is 0. The minimum absolute atomic E-state index is 0.0552. The van der Waals surface area contributed by atoms with Gasteiger partial charge in [-0.3, -0.25) is 15.2 Å². The van der Waals surface area contributed by atoms with Crippen molar-refractivity contribution in [2.24, 2.45) is 5.84 Å². The maximum atomic E-state index is 12.4. The van der Waals surface area contributed by atoms with E-state index in [0.717, 1.165) is 5.69 Å². The molecule has 7 nitrogen and oxygen atoms in total. The van der Waals surface area contributed by atoms with Gasteiger partial charge in [0.05, 0.1) is 4.90 Å². The highest BCUT2D eigenvalue weighted by Crippen LogP contribution is 2.17. The maximum absolute atomic E-state index is 12.4. The molecular weight excluding hydrogens is 316 g/mol. The molecule has 8 heteroatoms. The van der Waals surface area contributed by atoms with Gasteiger partial charge in [0.1, 0.15) is 0 Å². The summed E-state index contributed by atoms with van der Waals surface area (Å²) < 4.78 is 27.3. The summed E-state index contributed by atoms with van der Waals surface area (Å²) in [6, 6.07) is 9.86. The van der Waals surface area contributed by atoms with Gasteiger partial charge < -0.3 is 0 Å². The highest BCUT2D eigenvalue weighted by molar-refractivity contribution is 7.89. The second-order valence-corrected chi connectivity index (χ2v) is 6.66. The van der Waals surface area contributed by atoms with Crippen LogP contribution in [-0.4, -0.2) is 25.9 Å². The maximum Gasteiger partial charge on any atom is 0.265 e. The number of hydrogen-bond acceptors (Lipinski definition) is 5. The molecule has 23 heavy (non-hydrogen) atoms. The first-order valence-electron chi connectivity index (χ1n) is 6.95. The van der Waals surface area contributed by atoms with Crippen molar-refractivity contribution in [3.63, 3.8) is 0 Å². The summed E-state index contributed by atoms with van der Waals surface area (Å²) in [5, 5.41) is 0. The van der Waals surface area contributed by atoms with Crippen molar-refractivity contribution in [3.8, 4) is 0 Å². The summed E-state index contributed by atoms with van der Waals surface area (Å²) in [7, 11) is -3.72. The SMILES string of the molecule is Cc1ccc(C(=O)NN)cc1S(=O)(=O)NCCc1ccccn1. The summed E-state index contributed by atoms with van der Waals surface area (Å²) in [6.07, 6.45) is 2.13. The lowest BCUT2D eigenvalue weighted by Gasteiger charge is -2.10. The van der Waals surface area contributed by atoms with Crippen molar-refractivity contribution >= 4 is 15.9 Å². The minimum Gasteiger partial charge on any atom is -0.290 e. The number of pyridine rings is 1. The summed E-state index contributed by atoms with van der Waals surface area (Å²) in [5.74, 6) is 4.53. The Bertz CT molecular complexity index is 792. The number of nitrogens with two attached hydrogens (primary N) is 1. The molecular formula is C15H18N4O3S. The van der Waals surface area contributed by atoms with Gasteiger partial charge in [0, 0.05) is 30.4 Å². The van der Waals surface area contributed by atoms with Crippen LogP contribution in [0.15, 0.2) is 47.5 Å². The van der Waals surface area contributed by atoms with Crippen LogP contribution in [0.25, 0.3) is 0 Å². The van der Waals surface area contributed by atoms with E-state index < -0.39 is 15.9 Å². The number of aromatic nitrogens is 1. The molecule has 2 aromatic rings. The fourth-order valence-electron chi connectivity index (χ4n) is 2.05. The summed E-state index contributed by atoms with van der Waals surface area (Å²) in [5.41, 5.74) is 3.51. The van der Waals surface area contributed by atoms with Crippen molar-refractivity contribution in [2.45, 2.75) is 18.2 Å². The molecule has 1 aromatic carbocycles. The van der Waals surface area contributed by atoms with Gasteiger partial charge in [-0.2, -0.15) is 0 Å². The lowest BCUT2D eigenvalue weighted by Crippen LogP contribution is -2.31. The molecule has 1 aromatic heterocycles. The molecule has 4 N–H and O–H groups in total. The number of nitrogens with one attached hydrogen (secondary N) is 2. The molecule has 0 aliphatic carbocycles. The Morgan fingerprint density at radius 3 is 2.70 bits per heavy atom. The Morgan fingerprint density at radius 1 is 1.26 bits per heavy atom. The first kappa shape index (κ1) is 17.1. The van der Waals surface area contributed by atoms with Crippen LogP contribution in [-0.2, 0) is 16.4 Å². The van der Waals surface area contributed by atoms with Crippen LogP contribution >= 0.6 is 0 Å². The number of aryl methyl sites for hydroxylation is 1. The topological polar surface area (TPSA) is 114 Å². The summed E-state index contributed by atoms with van der Waals surface area (Å²) in [6.45, 7) is 1.88. The van der Waals surface area contributed by atoms with Gasteiger partial charge in [-0.15, -0.1) is 0 Å². The van der Waals surface area contributed by atoms with E-state index in [-0.39, 0.29) is 17.0 Å². The van der Waals surface area contributed by atoms with E-state index in [2.05, 4.69) is 9.71 Å². The molecule has 0 bridgehead atoms. The average Bonchev–Trinajstić information content (AvgIpc) is 2.55. The number of hydrazine groups is 1. The number of rotatable bonds is 6. The molecule has 0 atom stereocenters. The number of sulfonamides is 1. The van der Waals surface area contributed by atoms with Gasteiger partial charge in [-0.1, -0.05) is 12.1 Å². The fourth-order valence-corrected chi connectivity index (χ4v) is 3.35. The lowest BCUT2D eigenvalue weighted by molar-refractivity contribution is 0.0953. The second-order valence-electron chi connectivity index (χ2n) is 4.92. The van der Waals surface area contributed by atoms with Crippen LogP contribution in [0.2, 0.25) is 0 Å². The van der Waals surface area contributed by atoms with Gasteiger partial charge in [-0.25, -0.2) is 19.0 Å². The van der Waals surface area contributed by atoms with E-state index in [1.165, 1.54) is 12.1 Å². The normalized spacial score (nSPS) is 11.2. The molecule has 0 saturated heterocycles. The first-order valence-corrected chi connectivity index (χ1v) is 8.43. The van der Waals surface area contributed by atoms with Crippen LogP contribution in [0.1, 0.15) is 21.6 Å². The van der Waals surface area contributed by atoms with Crippen LogP contribution in [0.5, 0.6) is 0 Å². The van der Waals surface area contributed by atoms with Gasteiger partial charge in [0.2, 0.25) is 10.0 Å². The Morgan fingerprint density at radius 2 is 2.04 bits per heavy atom. The zero-order chi connectivity index (χ0) is 16.9. The molecule has 0 saturated carbocycles. The quantitative estimate of drug-likeness (QED) is 0.405. The zero-order valence-corrected chi connectivity index (χ0v) is 13.4. The van der Waals surface area contributed by atoms with E-state index in [9.17, 15) is 13.2 Å². The predicted molar refractivity (Wildman–Crippen MR) is 86.0 cm³/mol. The van der Waals surface area contributed by atoms with Crippen LogP contribution in [0.3, 0.4) is 0 Å². The molecule has 0 radical (unpaired) electrons. The monoisotopic (exact) mass is 334 g/mol. The van der Waals surface area contributed by atoms with Crippen molar-refractivity contribution < 1.29 is 13.2 Å². The predicted octanol–water partition coefficient (Wildman–Crippen LogP) is 0.515. The van der Waals surface area contributed by atoms with E-state index in [1.807, 2.05) is 17.6 Å². The number of carbonyl (C=O) groups excluding carboxylic acids is 1. The van der Waals surface area contributed by atoms with E-state index in [1.54, 1.807) is 25.3 Å². The van der Waals surface area contributed by atoms with Crippen LogP contribution in [0.4, 0.5) is 0 Å². The van der Waals surface area contributed by atoms with Crippen molar-refractivity contribution in [1.82, 2.24) is 15.1 Å². The standard InChI is InChI=1S/C15H18N4O3S/c1-11-5-6-12(15(20)19-16)10-14(11)23(21,22)18-9-7-13-4-2-3-8-17-13/h2-6,8,10,18H,7,9,16H2,1H3,(H,19,20). The Hall–Kier alpha value is -2.29. The third-order valence-electron chi connectivity index (χ3n) is 3.27. The fraction of sp³-hybridized carbons (Fsp3) is 0.200. The molecule has 0 unspecified atom stereocenters. The van der Waals surface area contributed by atoms with Gasteiger partial charge in [-0.05, 0) is 36.8 Å². The largest absolute Gasteiger partial charge is 0.290 e. The Labute approximate surface area is 134 Å². The summed E-state index contributed by atoms with van der Waals surface area (Å²) in [4.78, 5) is 15.7. The Kier molecular flexibility index (Phi) is 5.43. The molecule has 1 amide bonds. The van der Waals surface area contributed by atoms with Crippen LogP contribution in [0, 0.1) is 6.92 Å². The number of nitrogen functional groups attached to an aromatic ring is 1. The number of amides is 1. The van der Waals surface area contributed by atoms with Crippen molar-refractivity contribution in [3.05, 3.63) is 59.4 Å². The molecule has 0 spiro atoms. The highest BCUT2D eigenvalue weighted by Gasteiger charge is 2.18. The molecule has 0 fully saturated rings. The van der Waals surface area contributed by atoms with Gasteiger partial charge >= 0.3 is 0 Å². The third kappa shape index (κ3) is 4.35. The Balaban J connectivity index is 2.14. The minimum atomic E-state index is -3.72. The third-order valence-corrected chi connectivity index (χ3v) is 4.87. The van der Waals surface area contributed by atoms with E-state index >= 15 is 0 Å². The molecule has 0 aliphatic heterocycles.